The molecule has 0 aliphatic rings. The quantitative estimate of drug-likeness (QED) is 0.669. The van der Waals surface area contributed by atoms with Gasteiger partial charge in [0.25, 0.3) is 0 Å². The number of hydrogen-bond donors (Lipinski definition) is 1. The van der Waals surface area contributed by atoms with Crippen LogP contribution in [0.1, 0.15) is 31.7 Å². The molecular formula is C21H22N2O3. The summed E-state index contributed by atoms with van der Waals surface area (Å²) in [6.07, 6.45) is 1.68. The van der Waals surface area contributed by atoms with Crippen molar-refractivity contribution in [3.8, 4) is 0 Å². The summed E-state index contributed by atoms with van der Waals surface area (Å²) in [6, 6.07) is 15.5. The molecule has 1 N–H and O–H groups in total. The molecule has 0 saturated heterocycles. The van der Waals surface area contributed by atoms with Crippen LogP contribution < -0.4 is 4.90 Å². The van der Waals surface area contributed by atoms with Gasteiger partial charge in [-0.25, -0.2) is 4.98 Å². The molecule has 0 fully saturated rings. The molecule has 0 aliphatic heterocycles. The normalized spacial score (nSPS) is 11.7. The lowest BCUT2D eigenvalue weighted by molar-refractivity contribution is -0.135. The molecule has 26 heavy (non-hydrogen) atoms. The standard InChI is InChI=1S/C21H22N2O3/c1-3-23(4-2)17-11-9-15(10-12-17)13-16(14-20(24)25)21-22-18-7-5-6-8-19(18)26-21/h5-13H,3-4,14H2,1-2H3,(H,24,25)/b16-13+. The van der Waals surface area contributed by atoms with E-state index in [-0.39, 0.29) is 6.42 Å². The average molecular weight is 350 g/mol. The van der Waals surface area contributed by atoms with Crippen molar-refractivity contribution in [2.24, 2.45) is 0 Å². The van der Waals surface area contributed by atoms with E-state index in [4.69, 9.17) is 4.42 Å². The maximum absolute atomic E-state index is 11.3. The fourth-order valence-corrected chi connectivity index (χ4v) is 2.93. The highest BCUT2D eigenvalue weighted by Crippen LogP contribution is 2.26. The van der Waals surface area contributed by atoms with Gasteiger partial charge in [-0.1, -0.05) is 24.3 Å². The monoisotopic (exact) mass is 350 g/mol. The molecule has 3 rings (SSSR count). The third-order valence-electron chi connectivity index (χ3n) is 4.27. The summed E-state index contributed by atoms with van der Waals surface area (Å²) >= 11 is 0. The first-order chi connectivity index (χ1) is 12.6. The Kier molecular flexibility index (Phi) is 5.37. The van der Waals surface area contributed by atoms with Gasteiger partial charge in [0.1, 0.15) is 5.52 Å². The van der Waals surface area contributed by atoms with Gasteiger partial charge < -0.3 is 14.4 Å². The summed E-state index contributed by atoms with van der Waals surface area (Å²) in [5.74, 6) is -0.570. The Morgan fingerprint density at radius 1 is 1.12 bits per heavy atom. The second kappa shape index (κ2) is 7.87. The minimum Gasteiger partial charge on any atom is -0.481 e. The van der Waals surface area contributed by atoms with E-state index in [0.29, 0.717) is 17.0 Å². The zero-order chi connectivity index (χ0) is 18.5. The highest BCUT2D eigenvalue weighted by molar-refractivity contribution is 5.91. The molecule has 0 unspecified atom stereocenters. The molecule has 3 aromatic rings. The SMILES string of the molecule is CCN(CC)c1ccc(/C=C(\CC(=O)O)c2nc3ccccc3o2)cc1. The lowest BCUT2D eigenvalue weighted by Gasteiger charge is -2.20. The number of carboxylic acids is 1. The minimum absolute atomic E-state index is 0.148. The van der Waals surface area contributed by atoms with Crippen LogP contribution in [-0.2, 0) is 4.79 Å². The fourth-order valence-electron chi connectivity index (χ4n) is 2.93. The first kappa shape index (κ1) is 17.7. The van der Waals surface area contributed by atoms with E-state index in [1.165, 1.54) is 0 Å². The van der Waals surface area contributed by atoms with Gasteiger partial charge in [-0.15, -0.1) is 0 Å². The van der Waals surface area contributed by atoms with Gasteiger partial charge >= 0.3 is 5.97 Å². The molecule has 0 spiro atoms. The highest BCUT2D eigenvalue weighted by Gasteiger charge is 2.14. The van der Waals surface area contributed by atoms with Crippen molar-refractivity contribution in [1.82, 2.24) is 4.98 Å². The van der Waals surface area contributed by atoms with Crippen molar-refractivity contribution in [2.45, 2.75) is 20.3 Å². The van der Waals surface area contributed by atoms with E-state index in [9.17, 15) is 9.90 Å². The van der Waals surface area contributed by atoms with Crippen LogP contribution in [0.25, 0.3) is 22.7 Å². The molecule has 5 heteroatoms. The summed E-state index contributed by atoms with van der Waals surface area (Å²) < 4.78 is 5.75. The third kappa shape index (κ3) is 3.94. The van der Waals surface area contributed by atoms with E-state index in [0.717, 1.165) is 29.9 Å². The molecule has 0 atom stereocenters. The van der Waals surface area contributed by atoms with Gasteiger partial charge in [-0.3, -0.25) is 4.79 Å². The molecule has 1 aromatic heterocycles. The predicted molar refractivity (Wildman–Crippen MR) is 104 cm³/mol. The van der Waals surface area contributed by atoms with Crippen molar-refractivity contribution >= 4 is 34.4 Å². The van der Waals surface area contributed by atoms with Gasteiger partial charge in [0.15, 0.2) is 5.58 Å². The number of rotatable bonds is 7. The van der Waals surface area contributed by atoms with E-state index in [1.54, 1.807) is 0 Å². The zero-order valence-corrected chi connectivity index (χ0v) is 15.0. The third-order valence-corrected chi connectivity index (χ3v) is 4.27. The summed E-state index contributed by atoms with van der Waals surface area (Å²) in [4.78, 5) is 18.0. The molecule has 5 nitrogen and oxygen atoms in total. The molecule has 2 aromatic carbocycles. The van der Waals surface area contributed by atoms with Gasteiger partial charge in [-0.05, 0) is 49.8 Å². The maximum Gasteiger partial charge on any atom is 0.308 e. The van der Waals surface area contributed by atoms with Crippen LogP contribution in [0.5, 0.6) is 0 Å². The van der Waals surface area contributed by atoms with Crippen LogP contribution >= 0.6 is 0 Å². The van der Waals surface area contributed by atoms with Crippen LogP contribution in [0.15, 0.2) is 52.9 Å². The van der Waals surface area contributed by atoms with Crippen molar-refractivity contribution < 1.29 is 14.3 Å². The first-order valence-electron chi connectivity index (χ1n) is 8.74. The number of aromatic nitrogens is 1. The topological polar surface area (TPSA) is 66.6 Å². The number of fused-ring (bicyclic) bond motifs is 1. The lowest BCUT2D eigenvalue weighted by atomic mass is 10.1. The summed E-state index contributed by atoms with van der Waals surface area (Å²) in [6.45, 7) is 6.13. The number of hydrogen-bond acceptors (Lipinski definition) is 4. The zero-order valence-electron chi connectivity index (χ0n) is 15.0. The second-order valence-electron chi connectivity index (χ2n) is 5.99. The summed E-state index contributed by atoms with van der Waals surface area (Å²) in [7, 11) is 0. The number of benzene rings is 2. The van der Waals surface area contributed by atoms with Gasteiger partial charge in [0.2, 0.25) is 5.89 Å². The Hall–Kier alpha value is -3.08. The predicted octanol–water partition coefficient (Wildman–Crippen LogP) is 4.69. The molecular weight excluding hydrogens is 328 g/mol. The Morgan fingerprint density at radius 2 is 1.81 bits per heavy atom. The van der Waals surface area contributed by atoms with Crippen molar-refractivity contribution in [2.75, 3.05) is 18.0 Å². The highest BCUT2D eigenvalue weighted by atomic mass is 16.4. The lowest BCUT2D eigenvalue weighted by Crippen LogP contribution is -2.21. The van der Waals surface area contributed by atoms with Crippen LogP contribution in [0.4, 0.5) is 5.69 Å². The largest absolute Gasteiger partial charge is 0.481 e. The van der Waals surface area contributed by atoms with Crippen LogP contribution in [0.2, 0.25) is 0 Å². The molecule has 1 heterocycles. The van der Waals surface area contributed by atoms with Gasteiger partial charge in [0, 0.05) is 24.4 Å². The molecule has 0 bridgehead atoms. The molecule has 0 amide bonds. The number of aliphatic carboxylic acids is 1. The van der Waals surface area contributed by atoms with Crippen molar-refractivity contribution in [1.29, 1.82) is 0 Å². The Balaban J connectivity index is 1.95. The smallest absolute Gasteiger partial charge is 0.308 e. The minimum atomic E-state index is -0.918. The molecule has 134 valence electrons. The molecule has 0 saturated carbocycles. The molecule has 0 radical (unpaired) electrons. The number of carboxylic acid groups (broad SMARTS) is 1. The first-order valence-corrected chi connectivity index (χ1v) is 8.74. The molecule has 0 aliphatic carbocycles. The Bertz CT molecular complexity index is 889. The Morgan fingerprint density at radius 3 is 2.42 bits per heavy atom. The van der Waals surface area contributed by atoms with E-state index in [1.807, 2.05) is 54.6 Å². The number of oxazole rings is 1. The fraction of sp³-hybridized carbons (Fsp3) is 0.238. The number of para-hydroxylation sites is 2. The van der Waals surface area contributed by atoms with Crippen LogP contribution in [0, 0.1) is 0 Å². The number of nitrogens with zero attached hydrogens (tertiary/aromatic N) is 2. The van der Waals surface area contributed by atoms with E-state index >= 15 is 0 Å². The van der Waals surface area contributed by atoms with Gasteiger partial charge in [0.05, 0.1) is 6.42 Å². The van der Waals surface area contributed by atoms with Crippen molar-refractivity contribution in [3.05, 3.63) is 60.0 Å². The second-order valence-corrected chi connectivity index (χ2v) is 5.99. The van der Waals surface area contributed by atoms with Crippen LogP contribution in [0.3, 0.4) is 0 Å². The number of carbonyl (C=O) groups is 1. The summed E-state index contributed by atoms with van der Waals surface area (Å²) in [5.41, 5.74) is 3.98. The number of anilines is 1. The Labute approximate surface area is 152 Å². The average Bonchev–Trinajstić information content (AvgIpc) is 3.07. The van der Waals surface area contributed by atoms with E-state index in [2.05, 4.69) is 23.7 Å². The summed E-state index contributed by atoms with van der Waals surface area (Å²) in [5, 5.41) is 9.26. The maximum atomic E-state index is 11.3. The van der Waals surface area contributed by atoms with Gasteiger partial charge in [-0.2, -0.15) is 0 Å². The van der Waals surface area contributed by atoms with E-state index < -0.39 is 5.97 Å². The van der Waals surface area contributed by atoms with Crippen molar-refractivity contribution in [3.63, 3.8) is 0 Å². The van der Waals surface area contributed by atoms with Crippen LogP contribution in [-0.4, -0.2) is 29.1 Å².